The number of anilines is 2. The van der Waals surface area contributed by atoms with E-state index in [-0.39, 0.29) is 23.6 Å². The Morgan fingerprint density at radius 2 is 1.97 bits per heavy atom. The zero-order valence-electron chi connectivity index (χ0n) is 16.5. The van der Waals surface area contributed by atoms with Gasteiger partial charge in [-0.25, -0.2) is 4.79 Å². The Kier molecular flexibility index (Phi) is 6.83. The van der Waals surface area contributed by atoms with Crippen LogP contribution in [0, 0.1) is 0 Å². The van der Waals surface area contributed by atoms with Gasteiger partial charge < -0.3 is 5.73 Å². The predicted octanol–water partition coefficient (Wildman–Crippen LogP) is 2.92. The lowest BCUT2D eigenvalue weighted by Crippen LogP contribution is -2.41. The molecule has 0 aliphatic carbocycles. The van der Waals surface area contributed by atoms with Gasteiger partial charge in [-0.1, -0.05) is 43.7 Å². The molecular formula is C21H22BrN5O3. The molecule has 0 aliphatic rings. The molecule has 30 heavy (non-hydrogen) atoms. The molecular weight excluding hydrogens is 450 g/mol. The molecule has 156 valence electrons. The lowest BCUT2D eigenvalue weighted by atomic mass is 10.1. The van der Waals surface area contributed by atoms with Gasteiger partial charge in [0.1, 0.15) is 5.82 Å². The molecule has 9 heteroatoms. The van der Waals surface area contributed by atoms with Crippen molar-refractivity contribution >= 4 is 33.3 Å². The Balaban J connectivity index is 2.16. The van der Waals surface area contributed by atoms with E-state index in [9.17, 15) is 14.4 Å². The summed E-state index contributed by atoms with van der Waals surface area (Å²) < 4.78 is 1.92. The van der Waals surface area contributed by atoms with Crippen molar-refractivity contribution in [2.75, 3.05) is 10.6 Å². The lowest BCUT2D eigenvalue weighted by Gasteiger charge is -2.24. The minimum Gasteiger partial charge on any atom is -0.383 e. The van der Waals surface area contributed by atoms with Gasteiger partial charge in [0.25, 0.3) is 11.5 Å². The number of aromatic nitrogens is 3. The van der Waals surface area contributed by atoms with Crippen molar-refractivity contribution < 1.29 is 4.79 Å². The highest BCUT2D eigenvalue weighted by Gasteiger charge is 2.26. The van der Waals surface area contributed by atoms with Crippen molar-refractivity contribution in [1.29, 1.82) is 0 Å². The molecule has 0 fully saturated rings. The van der Waals surface area contributed by atoms with Crippen LogP contribution in [-0.4, -0.2) is 20.4 Å². The summed E-state index contributed by atoms with van der Waals surface area (Å²) in [6, 6.07) is 10.8. The topological polar surface area (TPSA) is 114 Å². The van der Waals surface area contributed by atoms with Crippen molar-refractivity contribution in [1.82, 2.24) is 14.5 Å². The van der Waals surface area contributed by atoms with E-state index < -0.39 is 17.2 Å². The number of amides is 1. The lowest BCUT2D eigenvalue weighted by molar-refractivity contribution is 0.0984. The number of nitrogen functional groups attached to an aromatic ring is 1. The van der Waals surface area contributed by atoms with Gasteiger partial charge in [-0.3, -0.25) is 29.0 Å². The second-order valence-electron chi connectivity index (χ2n) is 6.77. The zero-order valence-corrected chi connectivity index (χ0v) is 18.1. The van der Waals surface area contributed by atoms with E-state index in [0.717, 1.165) is 12.0 Å². The number of nitrogens with one attached hydrogen (secondary N) is 1. The molecule has 0 spiro atoms. The van der Waals surface area contributed by atoms with Crippen molar-refractivity contribution in [2.24, 2.45) is 0 Å². The summed E-state index contributed by atoms with van der Waals surface area (Å²) in [6.07, 6.45) is 4.53. The Morgan fingerprint density at radius 3 is 2.63 bits per heavy atom. The minimum absolute atomic E-state index is 0.0376. The Morgan fingerprint density at radius 1 is 1.23 bits per heavy atom. The van der Waals surface area contributed by atoms with Crippen molar-refractivity contribution in [2.45, 2.75) is 32.9 Å². The number of unbranched alkanes of at least 4 members (excludes halogenated alkanes) is 1. The first kappa shape index (κ1) is 21.5. The number of pyridine rings is 1. The molecule has 0 radical (unpaired) electrons. The molecule has 8 nitrogen and oxygen atoms in total. The largest absolute Gasteiger partial charge is 0.383 e. The predicted molar refractivity (Wildman–Crippen MR) is 120 cm³/mol. The number of hydrogen-bond donors (Lipinski definition) is 2. The fourth-order valence-electron chi connectivity index (χ4n) is 3.08. The Labute approximate surface area is 181 Å². The van der Waals surface area contributed by atoms with Crippen LogP contribution in [0.3, 0.4) is 0 Å². The average Bonchev–Trinajstić information content (AvgIpc) is 2.73. The average molecular weight is 472 g/mol. The van der Waals surface area contributed by atoms with Crippen LogP contribution in [0.1, 0.15) is 35.7 Å². The van der Waals surface area contributed by atoms with Crippen LogP contribution in [0.25, 0.3) is 0 Å². The van der Waals surface area contributed by atoms with Gasteiger partial charge in [0.15, 0.2) is 5.69 Å². The van der Waals surface area contributed by atoms with Gasteiger partial charge >= 0.3 is 5.69 Å². The molecule has 0 aliphatic heterocycles. The summed E-state index contributed by atoms with van der Waals surface area (Å²) >= 11 is 3.31. The molecule has 0 saturated carbocycles. The van der Waals surface area contributed by atoms with Crippen molar-refractivity contribution in [3.63, 3.8) is 0 Å². The summed E-state index contributed by atoms with van der Waals surface area (Å²) in [5, 5.41) is 0. The fourth-order valence-corrected chi connectivity index (χ4v) is 3.44. The number of nitrogens with two attached hydrogens (primary N) is 1. The maximum absolute atomic E-state index is 13.4. The number of H-pyrrole nitrogens is 1. The normalized spacial score (nSPS) is 10.7. The molecule has 2 heterocycles. The first-order chi connectivity index (χ1) is 14.4. The van der Waals surface area contributed by atoms with Crippen LogP contribution in [-0.2, 0) is 13.1 Å². The molecule has 2 aromatic heterocycles. The van der Waals surface area contributed by atoms with E-state index in [1.165, 1.54) is 15.7 Å². The van der Waals surface area contributed by atoms with Crippen LogP contribution in [0.5, 0.6) is 0 Å². The summed E-state index contributed by atoms with van der Waals surface area (Å²) in [7, 11) is 0. The number of halogens is 1. The molecule has 1 amide bonds. The summed E-state index contributed by atoms with van der Waals surface area (Å²) in [6.45, 7) is 2.43. The van der Waals surface area contributed by atoms with E-state index in [4.69, 9.17) is 5.73 Å². The molecule has 3 aromatic rings. The highest BCUT2D eigenvalue weighted by atomic mass is 79.9. The first-order valence-corrected chi connectivity index (χ1v) is 10.3. The van der Waals surface area contributed by atoms with Gasteiger partial charge in [0.05, 0.1) is 12.1 Å². The van der Waals surface area contributed by atoms with E-state index in [1.807, 2.05) is 37.3 Å². The molecule has 3 N–H and O–H groups in total. The van der Waals surface area contributed by atoms with Gasteiger partial charge in [-0.15, -0.1) is 0 Å². The molecule has 0 saturated heterocycles. The number of rotatable bonds is 7. The van der Waals surface area contributed by atoms with E-state index in [1.54, 1.807) is 12.3 Å². The maximum atomic E-state index is 13.4. The van der Waals surface area contributed by atoms with Crippen LogP contribution in [0.4, 0.5) is 11.5 Å². The van der Waals surface area contributed by atoms with Crippen LogP contribution < -0.4 is 21.9 Å². The third kappa shape index (κ3) is 4.68. The van der Waals surface area contributed by atoms with Gasteiger partial charge in [0, 0.05) is 23.4 Å². The molecule has 1 aromatic carbocycles. The third-order valence-corrected chi connectivity index (χ3v) is 5.03. The smallest absolute Gasteiger partial charge is 0.330 e. The van der Waals surface area contributed by atoms with Gasteiger partial charge in [-0.2, -0.15) is 0 Å². The van der Waals surface area contributed by atoms with Crippen LogP contribution in [0.2, 0.25) is 0 Å². The Bertz CT molecular complexity index is 1160. The van der Waals surface area contributed by atoms with Gasteiger partial charge in [-0.05, 0) is 34.0 Å². The third-order valence-electron chi connectivity index (χ3n) is 4.60. The quantitative estimate of drug-likeness (QED) is 0.549. The molecule has 0 bridgehead atoms. The van der Waals surface area contributed by atoms with Crippen LogP contribution >= 0.6 is 15.9 Å². The molecule has 0 atom stereocenters. The summed E-state index contributed by atoms with van der Waals surface area (Å²) in [4.78, 5) is 46.1. The SMILES string of the molecule is CCCCn1c(N)c(N(Cc2ccccc2)C(=O)c2cncc(Br)c2)c(=O)[nH]c1=O. The van der Waals surface area contributed by atoms with Crippen molar-refractivity contribution in [3.8, 4) is 0 Å². The van der Waals surface area contributed by atoms with Gasteiger partial charge in [0.2, 0.25) is 0 Å². The minimum atomic E-state index is -0.711. The number of hydrogen-bond acceptors (Lipinski definition) is 5. The number of benzene rings is 1. The fraction of sp³-hybridized carbons (Fsp3) is 0.238. The number of carbonyl (C=O) groups is 1. The van der Waals surface area contributed by atoms with E-state index >= 15 is 0 Å². The van der Waals surface area contributed by atoms with Crippen LogP contribution in [0.15, 0.2) is 62.9 Å². The standard InChI is InChI=1S/C21H22BrN5O3/c1-2-3-9-26-18(23)17(19(28)25-21(26)30)27(13-14-7-5-4-6-8-14)20(29)15-10-16(22)12-24-11-15/h4-8,10-12H,2-3,9,13,23H2,1H3,(H,25,28,30). The Hall–Kier alpha value is -3.20. The second-order valence-corrected chi connectivity index (χ2v) is 7.68. The first-order valence-electron chi connectivity index (χ1n) is 9.51. The molecule has 3 rings (SSSR count). The highest BCUT2D eigenvalue weighted by Crippen LogP contribution is 2.23. The molecule has 0 unspecified atom stereocenters. The zero-order chi connectivity index (χ0) is 21.7. The maximum Gasteiger partial charge on any atom is 0.330 e. The summed E-state index contributed by atoms with van der Waals surface area (Å²) in [5.41, 5.74) is 5.98. The number of aromatic amines is 1. The highest BCUT2D eigenvalue weighted by molar-refractivity contribution is 9.10. The summed E-state index contributed by atoms with van der Waals surface area (Å²) in [5.74, 6) is -0.491. The van der Waals surface area contributed by atoms with E-state index in [0.29, 0.717) is 17.4 Å². The van der Waals surface area contributed by atoms with Crippen molar-refractivity contribution in [3.05, 3.63) is 85.2 Å². The second kappa shape index (κ2) is 9.53. The number of nitrogens with zero attached hydrogens (tertiary/aromatic N) is 3. The monoisotopic (exact) mass is 471 g/mol. The number of carbonyl (C=O) groups excluding carboxylic acids is 1. The van der Waals surface area contributed by atoms with E-state index in [2.05, 4.69) is 25.9 Å².